The summed E-state index contributed by atoms with van der Waals surface area (Å²) in [7, 11) is -2.48. The van der Waals surface area contributed by atoms with E-state index in [9.17, 15) is 46.8 Å². The van der Waals surface area contributed by atoms with Crippen LogP contribution in [0.2, 0.25) is 0 Å². The molecule has 7 fully saturated rings. The zero-order chi connectivity index (χ0) is 62.4. The fourth-order valence-electron chi connectivity index (χ4n) is 11.9. The van der Waals surface area contributed by atoms with Crippen LogP contribution in [0.15, 0.2) is 43.1 Å². The maximum atomic E-state index is 15.0. The number of fused-ring (bicyclic) bond motifs is 4. The van der Waals surface area contributed by atoms with Crippen molar-refractivity contribution in [1.82, 2.24) is 51.4 Å². The molecule has 2 bridgehead atoms. The number of benzene rings is 1. The Balaban J connectivity index is 0.702. The van der Waals surface area contributed by atoms with Crippen molar-refractivity contribution in [3.8, 4) is 11.6 Å². The monoisotopic (exact) mass is 1270 g/mol. The quantitative estimate of drug-likeness (QED) is 0.0215. The molecule has 482 valence electrons. The molecule has 7 aliphatic rings. The third-order valence-corrected chi connectivity index (χ3v) is 20.3. The number of likely N-dealkylation sites (tertiary alicyclic amines) is 2. The molecule has 27 nitrogen and oxygen atoms in total. The molecule has 9 amide bonds. The second-order valence-electron chi connectivity index (χ2n) is 23.3. The number of rotatable bonds is 37. The zero-order valence-corrected chi connectivity index (χ0v) is 51.3. The van der Waals surface area contributed by atoms with Crippen molar-refractivity contribution in [2.75, 3.05) is 78.7 Å². The van der Waals surface area contributed by atoms with Crippen molar-refractivity contribution < 1.29 is 80.0 Å². The number of pyridine rings is 1. The second-order valence-corrected chi connectivity index (χ2v) is 26.6. The number of nitrogens with zero attached hydrogens (tertiary/aromatic N) is 3. The van der Waals surface area contributed by atoms with Crippen LogP contribution in [0.1, 0.15) is 103 Å². The number of esters is 1. The number of ether oxygens (including phenoxy) is 6. The van der Waals surface area contributed by atoms with Crippen molar-refractivity contribution in [2.45, 2.75) is 161 Å². The summed E-state index contributed by atoms with van der Waals surface area (Å²) in [6.07, 6.45) is 6.53. The van der Waals surface area contributed by atoms with E-state index in [2.05, 4.69) is 48.2 Å². The summed E-state index contributed by atoms with van der Waals surface area (Å²) >= 11 is 1.88. The highest BCUT2D eigenvalue weighted by atomic mass is 32.2. The summed E-state index contributed by atoms with van der Waals surface area (Å²) in [6.45, 7) is 6.95. The van der Waals surface area contributed by atoms with Crippen LogP contribution in [-0.4, -0.2) is 214 Å². The van der Waals surface area contributed by atoms with Crippen molar-refractivity contribution >= 4 is 85.9 Å². The Hall–Kier alpha value is -6.82. The fourth-order valence-corrected chi connectivity index (χ4v) is 14.8. The molecule has 2 aromatic rings. The van der Waals surface area contributed by atoms with E-state index in [0.717, 1.165) is 30.4 Å². The molecule has 6 heterocycles. The number of carbonyl (C=O) groups excluding carboxylic acids is 9. The summed E-state index contributed by atoms with van der Waals surface area (Å²) in [5, 5.41) is 18.2. The number of methoxy groups -OCH3 is 1. The predicted octanol–water partition coefficient (Wildman–Crippen LogP) is 1.01. The maximum absolute atomic E-state index is 15.0. The van der Waals surface area contributed by atoms with Gasteiger partial charge in [-0.3, -0.25) is 38.3 Å². The Morgan fingerprint density at radius 1 is 0.852 bits per heavy atom. The number of sulfonamides is 1. The Labute approximate surface area is 515 Å². The van der Waals surface area contributed by atoms with Gasteiger partial charge in [-0.15, -0.1) is 6.58 Å². The molecule has 1 aromatic heterocycles. The first kappa shape index (κ1) is 65.6. The number of aromatic nitrogens is 1. The van der Waals surface area contributed by atoms with Gasteiger partial charge in [-0.25, -0.2) is 23.0 Å². The van der Waals surface area contributed by atoms with Gasteiger partial charge in [0, 0.05) is 93.3 Å². The smallest absolute Gasteiger partial charge is 0.329 e. The highest BCUT2D eigenvalue weighted by molar-refractivity contribution is 8.00. The summed E-state index contributed by atoms with van der Waals surface area (Å²) in [5.41, 5.74) is -1.68. The van der Waals surface area contributed by atoms with Gasteiger partial charge in [-0.05, 0) is 87.4 Å². The van der Waals surface area contributed by atoms with Gasteiger partial charge in [0.25, 0.3) is 5.91 Å². The van der Waals surface area contributed by atoms with E-state index in [4.69, 9.17) is 28.4 Å². The van der Waals surface area contributed by atoms with Crippen LogP contribution in [0.4, 0.5) is 4.79 Å². The predicted molar refractivity (Wildman–Crippen MR) is 319 cm³/mol. The van der Waals surface area contributed by atoms with E-state index in [1.807, 2.05) is 11.8 Å². The molecule has 5 saturated heterocycles. The zero-order valence-electron chi connectivity index (χ0n) is 49.6. The number of hydrogen-bond acceptors (Lipinski definition) is 19. The van der Waals surface area contributed by atoms with Gasteiger partial charge in [0.2, 0.25) is 51.3 Å². The number of morpholine rings is 1. The lowest BCUT2D eigenvalue weighted by Crippen LogP contribution is -2.58. The van der Waals surface area contributed by atoms with Gasteiger partial charge in [0.05, 0.1) is 64.0 Å². The molecular formula is C59H82N10O17S2. The summed E-state index contributed by atoms with van der Waals surface area (Å²) in [6, 6.07) is 3.85. The minimum atomic E-state index is -4.01. The van der Waals surface area contributed by atoms with Crippen LogP contribution >= 0.6 is 11.8 Å². The average molecular weight is 1270 g/mol. The summed E-state index contributed by atoms with van der Waals surface area (Å²) in [5.74, 6) is -3.23. The molecule has 5 aliphatic heterocycles. The van der Waals surface area contributed by atoms with E-state index < -0.39 is 92.6 Å². The maximum Gasteiger partial charge on any atom is 0.329 e. The second kappa shape index (κ2) is 30.6. The van der Waals surface area contributed by atoms with E-state index in [-0.39, 0.29) is 93.8 Å². The molecule has 2 aliphatic carbocycles. The number of urea groups is 1. The standard InChI is InChI=1S/C59H82N10O17S2/c1-3-37-32-59(37,57(77)67-88(79,80)41-14-15-41)66-53(74)45-30-39(85-54-42-16-13-38(81-2)29-36(42)19-22-62-54)34-69(45)55(75)43(17-18-51(73)68-33-40-31-46(68)56(76)86-40)63-50(72)12-6-11-49(71)61-21-8-24-83-26-28-84-27-25-82-23-7-20-60-48(70)10-5-4-9-47-52-44(35-87-47)64-58(78)65-52/h3,13,16,19,22,29,37,39-41,43-47,52H,1,4-12,14-15,17-18,20-21,23-28,30-35H2,2H3,(H,60,70)(H,61,71)(H,63,72)(H,66,74)(H,67,77)(H2,64,65,78)/t37?,39?,40-,43-,44-,45-,46-,47-,52-,59?/m0/s1. The molecule has 88 heavy (non-hydrogen) atoms. The molecule has 10 atom stereocenters. The van der Waals surface area contributed by atoms with Crippen molar-refractivity contribution in [1.29, 1.82) is 0 Å². The van der Waals surface area contributed by atoms with Crippen LogP contribution in [0.3, 0.4) is 0 Å². The summed E-state index contributed by atoms with van der Waals surface area (Å²) in [4.78, 5) is 127. The van der Waals surface area contributed by atoms with Crippen molar-refractivity contribution in [3.05, 3.63) is 43.1 Å². The molecule has 7 N–H and O–H groups in total. The van der Waals surface area contributed by atoms with Gasteiger partial charge in [-0.2, -0.15) is 11.8 Å². The number of unbranched alkanes of at least 4 members (excludes halogenated alkanes) is 1. The Morgan fingerprint density at radius 2 is 1.56 bits per heavy atom. The Morgan fingerprint density at radius 3 is 2.23 bits per heavy atom. The molecular weight excluding hydrogens is 1180 g/mol. The van der Waals surface area contributed by atoms with Crippen molar-refractivity contribution in [2.24, 2.45) is 5.92 Å². The number of nitrogens with one attached hydrogen (secondary N) is 7. The molecule has 29 heteroatoms. The topological polar surface area (TPSA) is 347 Å². The van der Waals surface area contributed by atoms with E-state index >= 15 is 4.79 Å². The molecule has 9 rings (SSSR count). The number of amides is 9. The molecule has 0 spiro atoms. The number of carbonyl (C=O) groups is 9. The third kappa shape index (κ3) is 17.3. The van der Waals surface area contributed by atoms with Crippen LogP contribution < -0.4 is 46.1 Å². The Kier molecular flexibility index (Phi) is 22.8. The first-order valence-electron chi connectivity index (χ1n) is 30.6. The third-order valence-electron chi connectivity index (χ3n) is 16.9. The SMILES string of the molecule is C=CC1CC1(NC(=O)[C@@H]1CC(Oc2nccc3cc(OC)ccc23)CN1C(=O)[C@H](CCC(=O)N1C[C@@H]2C[C@H]1C(=O)O2)NC(=O)CCCC(=O)NCCCOCCOCCOCCCNC(=O)CCCC[C@@H]1SC[C@@H]2NC(=O)N[C@@H]21)C(=O)NS(=O)(=O)C1CC1. The van der Waals surface area contributed by atoms with E-state index in [0.29, 0.717) is 108 Å². The first-order chi connectivity index (χ1) is 42.4. The highest BCUT2D eigenvalue weighted by Crippen LogP contribution is 2.46. The van der Waals surface area contributed by atoms with Crippen LogP contribution in [0, 0.1) is 5.92 Å². The molecule has 1 aromatic carbocycles. The van der Waals surface area contributed by atoms with E-state index in [1.54, 1.807) is 24.3 Å². The van der Waals surface area contributed by atoms with E-state index in [1.165, 1.54) is 29.2 Å². The fraction of sp³-hybridized carbons (Fsp3) is 0.661. The highest BCUT2D eigenvalue weighted by Gasteiger charge is 2.62. The van der Waals surface area contributed by atoms with Crippen molar-refractivity contribution in [3.63, 3.8) is 0 Å². The normalized spacial score (nSPS) is 25.2. The first-order valence-corrected chi connectivity index (χ1v) is 33.2. The average Bonchev–Trinajstić information content (AvgIpc) is 1.68. The minimum absolute atomic E-state index is 0.0156. The Bertz CT molecular complexity index is 3010. The van der Waals surface area contributed by atoms with Crippen LogP contribution in [-0.2, 0) is 67.3 Å². The molecule has 3 unspecified atom stereocenters. The molecule has 0 radical (unpaired) electrons. The van der Waals surface area contributed by atoms with Gasteiger partial charge >= 0.3 is 12.0 Å². The lowest BCUT2D eigenvalue weighted by Gasteiger charge is -2.30. The number of thioether (sulfide) groups is 1. The number of hydrogen-bond donors (Lipinski definition) is 7. The van der Waals surface area contributed by atoms with Gasteiger partial charge in [-0.1, -0.05) is 12.5 Å². The lowest BCUT2D eigenvalue weighted by atomic mass is 10.0. The molecule has 2 saturated carbocycles. The van der Waals surface area contributed by atoms with Crippen LogP contribution in [0.5, 0.6) is 11.6 Å². The largest absolute Gasteiger partial charge is 0.497 e. The minimum Gasteiger partial charge on any atom is -0.497 e. The van der Waals surface area contributed by atoms with Gasteiger partial charge in [0.15, 0.2) is 0 Å². The van der Waals surface area contributed by atoms with Crippen LogP contribution in [0.25, 0.3) is 10.8 Å². The van der Waals surface area contributed by atoms with Gasteiger partial charge in [0.1, 0.15) is 41.6 Å². The summed E-state index contributed by atoms with van der Waals surface area (Å²) < 4.78 is 61.9. The van der Waals surface area contributed by atoms with Gasteiger partial charge < -0.3 is 70.1 Å². The lowest BCUT2D eigenvalue weighted by molar-refractivity contribution is -0.157.